The van der Waals surface area contributed by atoms with Crippen molar-refractivity contribution in [3.8, 4) is 0 Å². The Morgan fingerprint density at radius 3 is 2.45 bits per heavy atom. The van der Waals surface area contributed by atoms with Crippen molar-refractivity contribution in [3.05, 3.63) is 46.5 Å². The zero-order valence-corrected chi connectivity index (χ0v) is 23.7. The van der Waals surface area contributed by atoms with Crippen molar-refractivity contribution in [1.82, 2.24) is 14.5 Å². The first kappa shape index (κ1) is 31.9. The van der Waals surface area contributed by atoms with Crippen LogP contribution in [-0.2, 0) is 43.4 Å². The van der Waals surface area contributed by atoms with Crippen LogP contribution in [0.4, 0.5) is 11.6 Å². The number of benzene rings is 1. The number of aryl methyl sites for hydroxylation is 1. The van der Waals surface area contributed by atoms with E-state index in [9.17, 15) is 38.2 Å². The zero-order valence-electron chi connectivity index (χ0n) is 21.1. The number of H-pyrrole nitrogens is 1. The predicted molar refractivity (Wildman–Crippen MR) is 136 cm³/mol. The number of ether oxygens (including phenoxy) is 2. The molecule has 0 aliphatic carbocycles. The van der Waals surface area contributed by atoms with E-state index in [1.807, 2.05) is 0 Å². The van der Waals surface area contributed by atoms with Gasteiger partial charge in [0.2, 0.25) is 11.7 Å². The van der Waals surface area contributed by atoms with Gasteiger partial charge in [0.05, 0.1) is 19.2 Å². The van der Waals surface area contributed by atoms with E-state index in [4.69, 9.17) is 30.7 Å². The Morgan fingerprint density at radius 2 is 1.81 bits per heavy atom. The number of fused-ring (bicyclic) bond motifs is 1. The number of para-hydroxylation sites is 1. The third-order valence-corrected chi connectivity index (χ3v) is 9.42. The molecule has 1 aliphatic rings. The molecule has 0 spiro atoms. The van der Waals surface area contributed by atoms with Crippen molar-refractivity contribution in [2.24, 2.45) is 7.05 Å². The second-order valence-corrected chi connectivity index (χ2v) is 13.1. The first-order valence-electron chi connectivity index (χ1n) is 11.3. The number of hydrogen-bond acceptors (Lipinski definition) is 14. The third kappa shape index (κ3) is 7.12. The summed E-state index contributed by atoms with van der Waals surface area (Å²) >= 11 is 0. The number of nitrogen functional groups attached to an aromatic ring is 2. The SMILES string of the molecule is Cn1c[n+]([C@@H]2O[C@H](COP(=O)(O)OP(=O)(O)OP(=O)(O)O)[C@@H](O)[C@H]2OC(=O)c2ccccc2N)c2nc(N)[nH]c(=O)c21. The highest BCUT2D eigenvalue weighted by atomic mass is 31.3. The van der Waals surface area contributed by atoms with Crippen LogP contribution in [0.1, 0.15) is 16.6 Å². The Morgan fingerprint density at radius 1 is 1.14 bits per heavy atom. The summed E-state index contributed by atoms with van der Waals surface area (Å²) in [6.45, 7) is -1.08. The maximum atomic E-state index is 13.0. The van der Waals surface area contributed by atoms with Gasteiger partial charge in [0, 0.05) is 5.69 Å². The molecule has 0 amide bonds. The number of hydrogen-bond donors (Lipinski definition) is 8. The molecule has 10 N–H and O–H groups in total. The summed E-state index contributed by atoms with van der Waals surface area (Å²) in [5.41, 5.74) is 10.7. The first-order valence-corrected chi connectivity index (χ1v) is 15.8. The highest BCUT2D eigenvalue weighted by molar-refractivity contribution is 7.66. The largest absolute Gasteiger partial charge is 0.490 e. The summed E-state index contributed by atoms with van der Waals surface area (Å²) in [7, 11) is -15.6. The fourth-order valence-corrected chi connectivity index (χ4v) is 7.03. The number of aliphatic hydroxyl groups is 1. The van der Waals surface area contributed by atoms with Gasteiger partial charge >= 0.3 is 35.1 Å². The molecule has 3 heterocycles. The molecular formula is C18H24N6O15P3+. The van der Waals surface area contributed by atoms with E-state index in [1.165, 1.54) is 40.7 Å². The maximum Gasteiger partial charge on any atom is 0.490 e. The number of nitrogens with zero attached hydrogens (tertiary/aromatic N) is 3. The van der Waals surface area contributed by atoms with Crippen LogP contribution >= 0.6 is 23.5 Å². The second-order valence-electron chi connectivity index (χ2n) is 8.66. The highest BCUT2D eigenvalue weighted by Crippen LogP contribution is 2.66. The van der Waals surface area contributed by atoms with Gasteiger partial charge in [-0.15, -0.1) is 0 Å². The number of phosphoric ester groups is 1. The normalized spacial score (nSPS) is 23.9. The van der Waals surface area contributed by atoms with Crippen molar-refractivity contribution in [1.29, 1.82) is 0 Å². The summed E-state index contributed by atoms with van der Waals surface area (Å²) in [4.78, 5) is 68.3. The van der Waals surface area contributed by atoms with Crippen LogP contribution in [0.3, 0.4) is 0 Å². The van der Waals surface area contributed by atoms with Crippen molar-refractivity contribution in [2.45, 2.75) is 24.5 Å². The molecule has 4 rings (SSSR count). The summed E-state index contributed by atoms with van der Waals surface area (Å²) in [6.07, 6.45) is -5.27. The molecule has 0 bridgehead atoms. The molecule has 1 aliphatic heterocycles. The van der Waals surface area contributed by atoms with Gasteiger partial charge in [-0.3, -0.25) is 18.9 Å². The van der Waals surface area contributed by atoms with Crippen LogP contribution < -0.4 is 21.6 Å². The topological polar surface area (TPSA) is 322 Å². The van der Waals surface area contributed by atoms with Crippen LogP contribution in [0.2, 0.25) is 0 Å². The Hall–Kier alpha value is -3.03. The molecule has 2 aromatic heterocycles. The van der Waals surface area contributed by atoms with Gasteiger partial charge in [-0.05, 0) is 12.1 Å². The Kier molecular flexibility index (Phi) is 8.79. The van der Waals surface area contributed by atoms with E-state index >= 15 is 0 Å². The molecule has 42 heavy (non-hydrogen) atoms. The van der Waals surface area contributed by atoms with E-state index in [-0.39, 0.29) is 28.4 Å². The maximum absolute atomic E-state index is 13.0. The van der Waals surface area contributed by atoms with Crippen LogP contribution in [0.15, 0.2) is 35.4 Å². The lowest BCUT2D eigenvalue weighted by molar-refractivity contribution is -0.745. The van der Waals surface area contributed by atoms with Gasteiger partial charge in [-0.2, -0.15) is 8.62 Å². The molecule has 0 saturated carbocycles. The molecule has 2 unspecified atom stereocenters. The fraction of sp³-hybridized carbons (Fsp3) is 0.333. The molecule has 1 aromatic carbocycles. The van der Waals surface area contributed by atoms with Gasteiger partial charge in [-0.1, -0.05) is 17.1 Å². The lowest BCUT2D eigenvalue weighted by Gasteiger charge is -2.20. The average Bonchev–Trinajstić information content (AvgIpc) is 3.32. The number of aromatic amines is 1. The number of aliphatic hydroxyl groups excluding tert-OH is 1. The molecule has 230 valence electrons. The quantitative estimate of drug-likeness (QED) is 0.0534. The van der Waals surface area contributed by atoms with E-state index in [1.54, 1.807) is 6.07 Å². The average molecular weight is 657 g/mol. The molecule has 6 atom stereocenters. The minimum Gasteiger partial charge on any atom is -0.449 e. The fourth-order valence-electron chi connectivity index (χ4n) is 4.00. The zero-order chi connectivity index (χ0) is 31.2. The molecule has 24 heteroatoms. The smallest absolute Gasteiger partial charge is 0.449 e. The monoisotopic (exact) mass is 657 g/mol. The van der Waals surface area contributed by atoms with Crippen molar-refractivity contribution in [3.63, 3.8) is 0 Å². The number of carbonyl (C=O) groups excluding carboxylic acids is 1. The Labute approximate surface area is 233 Å². The number of phosphoric acid groups is 3. The molecule has 3 aromatic rings. The molecule has 1 saturated heterocycles. The van der Waals surface area contributed by atoms with Gasteiger partial charge in [0.25, 0.3) is 11.5 Å². The number of rotatable bonds is 10. The minimum absolute atomic E-state index is 0.00335. The van der Waals surface area contributed by atoms with Gasteiger partial charge in [-0.25, -0.2) is 23.1 Å². The number of anilines is 2. The standard InChI is InChI=1S/C18H23N6O15P3/c1-23-7-24(14-11(23)15(26)22-18(20)21-14)16-13(37-17(27)8-4-2-3-5-9(8)19)12(25)10(36-16)6-35-41(31,32)39-42(33,34)38-40(28,29)30/h2-5,7,10,12-13,16,25H,6H2,1H3,(H8-,19,20,21,22,26,27,28,29,30,31,32,33,34)/p+1/t10-,12-,13-,16-/m1/s1. The number of aromatic nitrogens is 4. The summed E-state index contributed by atoms with van der Waals surface area (Å²) < 4.78 is 60.3. The minimum atomic E-state index is -5.82. The van der Waals surface area contributed by atoms with Crippen LogP contribution in [0.5, 0.6) is 0 Å². The summed E-state index contributed by atoms with van der Waals surface area (Å²) in [5, 5.41) is 11.0. The number of nitrogens with two attached hydrogens (primary N) is 2. The van der Waals surface area contributed by atoms with Crippen LogP contribution in [0, 0.1) is 0 Å². The molecule has 21 nitrogen and oxygen atoms in total. The van der Waals surface area contributed by atoms with Gasteiger partial charge < -0.3 is 45.6 Å². The van der Waals surface area contributed by atoms with Gasteiger partial charge in [0.15, 0.2) is 12.4 Å². The van der Waals surface area contributed by atoms with E-state index in [0.29, 0.717) is 0 Å². The highest BCUT2D eigenvalue weighted by Gasteiger charge is 2.51. The van der Waals surface area contributed by atoms with Gasteiger partial charge in [0.1, 0.15) is 12.2 Å². The molecule has 1 fully saturated rings. The third-order valence-electron chi connectivity index (χ3n) is 5.62. The van der Waals surface area contributed by atoms with Crippen molar-refractivity contribution in [2.75, 3.05) is 18.1 Å². The predicted octanol–water partition coefficient (Wildman–Crippen LogP) is -1.46. The van der Waals surface area contributed by atoms with E-state index in [2.05, 4.69) is 23.1 Å². The van der Waals surface area contributed by atoms with Crippen molar-refractivity contribution >= 4 is 52.2 Å². The first-order chi connectivity index (χ1) is 19.4. The summed E-state index contributed by atoms with van der Waals surface area (Å²) in [6, 6.07) is 5.81. The lowest BCUT2D eigenvalue weighted by Crippen LogP contribution is -2.48. The lowest BCUT2D eigenvalue weighted by atomic mass is 10.1. The van der Waals surface area contributed by atoms with Crippen LogP contribution in [-0.4, -0.2) is 70.1 Å². The second kappa shape index (κ2) is 11.6. The van der Waals surface area contributed by atoms with E-state index in [0.717, 1.165) is 0 Å². The summed E-state index contributed by atoms with van der Waals surface area (Å²) in [5.74, 6) is -1.30. The molecule has 0 radical (unpaired) electrons. The van der Waals surface area contributed by atoms with E-state index < -0.39 is 66.1 Å². The number of nitrogens with one attached hydrogen (secondary N) is 1. The number of imidazole rings is 1. The molecular weight excluding hydrogens is 633 g/mol. The number of esters is 1. The van der Waals surface area contributed by atoms with Crippen LogP contribution in [0.25, 0.3) is 11.2 Å². The Bertz CT molecular complexity index is 1720. The van der Waals surface area contributed by atoms with Crippen molar-refractivity contribution < 1.29 is 70.4 Å². The number of carbonyl (C=O) groups is 1. The Balaban J connectivity index is 1.64.